The van der Waals surface area contributed by atoms with Gasteiger partial charge in [-0.3, -0.25) is 4.79 Å². The Morgan fingerprint density at radius 1 is 0.840 bits per heavy atom. The molecule has 0 saturated carbocycles. The van der Waals surface area contributed by atoms with E-state index < -0.39 is 0 Å². The summed E-state index contributed by atoms with van der Waals surface area (Å²) in [6.45, 7) is 2.06. The maximum absolute atomic E-state index is 12.5. The minimum absolute atomic E-state index is 0.0308. The van der Waals surface area contributed by atoms with E-state index in [2.05, 4.69) is 36.5 Å². The van der Waals surface area contributed by atoms with Crippen molar-refractivity contribution in [3.63, 3.8) is 0 Å². The predicted molar refractivity (Wildman–Crippen MR) is 105 cm³/mol. The molecule has 3 rings (SSSR count). The third-order valence-corrected chi connectivity index (χ3v) is 4.97. The lowest BCUT2D eigenvalue weighted by Crippen LogP contribution is -2.30. The molecule has 0 aromatic heterocycles. The van der Waals surface area contributed by atoms with E-state index in [0.29, 0.717) is 5.75 Å². The molecule has 1 amide bonds. The largest absolute Gasteiger partial charge is 0.344 e. The van der Waals surface area contributed by atoms with Crippen LogP contribution in [0, 0.1) is 6.92 Å². The monoisotopic (exact) mass is 347 g/mol. The van der Waals surface area contributed by atoms with Crippen molar-refractivity contribution in [2.24, 2.45) is 0 Å². The standard InChI is InChI=1S/C22H21NOS/c1-17-12-14-20(15-13-17)25-16-21(24)23-22(18-8-4-2-5-9-18)19-10-6-3-7-11-19/h2-15,22H,16H2,1H3,(H,23,24). The molecule has 0 radical (unpaired) electrons. The first-order chi connectivity index (χ1) is 12.2. The summed E-state index contributed by atoms with van der Waals surface area (Å²) >= 11 is 1.56. The van der Waals surface area contributed by atoms with Gasteiger partial charge in [-0.15, -0.1) is 11.8 Å². The lowest BCUT2D eigenvalue weighted by Gasteiger charge is -2.20. The van der Waals surface area contributed by atoms with Gasteiger partial charge in [0.1, 0.15) is 0 Å². The van der Waals surface area contributed by atoms with Crippen LogP contribution in [0.3, 0.4) is 0 Å². The maximum Gasteiger partial charge on any atom is 0.231 e. The van der Waals surface area contributed by atoms with Crippen LogP contribution in [0.2, 0.25) is 0 Å². The number of thioether (sulfide) groups is 1. The van der Waals surface area contributed by atoms with Crippen LogP contribution >= 0.6 is 11.8 Å². The van der Waals surface area contributed by atoms with Crippen LogP contribution in [0.4, 0.5) is 0 Å². The lowest BCUT2D eigenvalue weighted by molar-refractivity contribution is -0.119. The summed E-state index contributed by atoms with van der Waals surface area (Å²) in [4.78, 5) is 13.6. The lowest BCUT2D eigenvalue weighted by atomic mass is 9.99. The average molecular weight is 347 g/mol. The van der Waals surface area contributed by atoms with Crippen molar-refractivity contribution in [3.8, 4) is 0 Å². The Kier molecular flexibility index (Phi) is 5.91. The number of aryl methyl sites for hydroxylation is 1. The number of amides is 1. The number of carbonyl (C=O) groups excluding carboxylic acids is 1. The summed E-state index contributed by atoms with van der Waals surface area (Å²) in [6.07, 6.45) is 0. The molecule has 1 N–H and O–H groups in total. The molecule has 0 heterocycles. The highest BCUT2D eigenvalue weighted by molar-refractivity contribution is 8.00. The van der Waals surface area contributed by atoms with E-state index in [9.17, 15) is 4.79 Å². The zero-order chi connectivity index (χ0) is 17.5. The maximum atomic E-state index is 12.5. The minimum Gasteiger partial charge on any atom is -0.344 e. The van der Waals surface area contributed by atoms with Gasteiger partial charge < -0.3 is 5.32 Å². The molecule has 0 aliphatic carbocycles. The highest BCUT2D eigenvalue weighted by atomic mass is 32.2. The van der Waals surface area contributed by atoms with Crippen molar-refractivity contribution in [3.05, 3.63) is 102 Å². The van der Waals surface area contributed by atoms with Gasteiger partial charge in [0.25, 0.3) is 0 Å². The molecule has 0 bridgehead atoms. The molecule has 0 aliphatic rings. The topological polar surface area (TPSA) is 29.1 Å². The van der Waals surface area contributed by atoms with Crippen LogP contribution in [0.15, 0.2) is 89.8 Å². The highest BCUT2D eigenvalue weighted by Crippen LogP contribution is 2.23. The first-order valence-electron chi connectivity index (χ1n) is 8.31. The van der Waals surface area contributed by atoms with E-state index in [1.54, 1.807) is 11.8 Å². The molecule has 0 spiro atoms. The zero-order valence-corrected chi connectivity index (χ0v) is 15.0. The fourth-order valence-electron chi connectivity index (χ4n) is 2.64. The minimum atomic E-state index is -0.131. The summed E-state index contributed by atoms with van der Waals surface area (Å²) < 4.78 is 0. The van der Waals surface area contributed by atoms with Crippen LogP contribution in [0.25, 0.3) is 0 Å². The Labute approximate surface area is 153 Å². The first kappa shape index (κ1) is 17.3. The van der Waals surface area contributed by atoms with E-state index in [0.717, 1.165) is 16.0 Å². The third-order valence-electron chi connectivity index (χ3n) is 3.96. The van der Waals surface area contributed by atoms with Crippen LogP contribution in [0.1, 0.15) is 22.7 Å². The third kappa shape index (κ3) is 4.97. The average Bonchev–Trinajstić information content (AvgIpc) is 2.67. The van der Waals surface area contributed by atoms with Crippen LogP contribution in [-0.4, -0.2) is 11.7 Å². The fraction of sp³-hybridized carbons (Fsp3) is 0.136. The van der Waals surface area contributed by atoms with E-state index in [-0.39, 0.29) is 11.9 Å². The van der Waals surface area contributed by atoms with Gasteiger partial charge in [0.2, 0.25) is 5.91 Å². The van der Waals surface area contributed by atoms with Crippen molar-refractivity contribution >= 4 is 17.7 Å². The van der Waals surface area contributed by atoms with Gasteiger partial charge >= 0.3 is 0 Å². The fourth-order valence-corrected chi connectivity index (χ4v) is 3.35. The summed E-state index contributed by atoms with van der Waals surface area (Å²) in [7, 11) is 0. The molecule has 0 aliphatic heterocycles. The highest BCUT2D eigenvalue weighted by Gasteiger charge is 2.16. The van der Waals surface area contributed by atoms with Gasteiger partial charge in [0, 0.05) is 4.90 Å². The van der Waals surface area contributed by atoms with E-state index in [4.69, 9.17) is 0 Å². The first-order valence-corrected chi connectivity index (χ1v) is 9.29. The number of hydrogen-bond acceptors (Lipinski definition) is 2. The Bertz CT molecular complexity index is 761. The quantitative estimate of drug-likeness (QED) is 0.636. The summed E-state index contributed by atoms with van der Waals surface area (Å²) in [5.41, 5.74) is 3.40. The van der Waals surface area contributed by atoms with Crippen molar-refractivity contribution in [1.29, 1.82) is 0 Å². The van der Waals surface area contributed by atoms with Crippen LogP contribution in [0.5, 0.6) is 0 Å². The second-order valence-corrected chi connectivity index (χ2v) is 6.97. The smallest absolute Gasteiger partial charge is 0.231 e. The Hall–Kier alpha value is -2.52. The molecular weight excluding hydrogens is 326 g/mol. The SMILES string of the molecule is Cc1ccc(SCC(=O)NC(c2ccccc2)c2ccccc2)cc1. The Morgan fingerprint density at radius 2 is 1.36 bits per heavy atom. The van der Waals surface area contributed by atoms with Crippen molar-refractivity contribution in [1.82, 2.24) is 5.32 Å². The van der Waals surface area contributed by atoms with Gasteiger partial charge in [0.05, 0.1) is 11.8 Å². The van der Waals surface area contributed by atoms with E-state index in [1.807, 2.05) is 60.7 Å². The zero-order valence-electron chi connectivity index (χ0n) is 14.2. The van der Waals surface area contributed by atoms with Gasteiger partial charge in [-0.05, 0) is 30.2 Å². The molecule has 0 unspecified atom stereocenters. The van der Waals surface area contributed by atoms with E-state index >= 15 is 0 Å². The molecule has 0 saturated heterocycles. The van der Waals surface area contributed by atoms with Crippen molar-refractivity contribution in [2.45, 2.75) is 17.9 Å². The number of hydrogen-bond donors (Lipinski definition) is 1. The second-order valence-electron chi connectivity index (χ2n) is 5.92. The Morgan fingerprint density at radius 3 is 1.88 bits per heavy atom. The second kappa shape index (κ2) is 8.54. The van der Waals surface area contributed by atoms with Gasteiger partial charge in [-0.1, -0.05) is 78.4 Å². The Balaban J connectivity index is 1.69. The van der Waals surface area contributed by atoms with Gasteiger partial charge in [-0.25, -0.2) is 0 Å². The molecule has 3 aromatic carbocycles. The molecule has 3 aromatic rings. The molecule has 0 fully saturated rings. The molecular formula is C22H21NOS. The van der Waals surface area contributed by atoms with Gasteiger partial charge in [0.15, 0.2) is 0 Å². The number of benzene rings is 3. The summed E-state index contributed by atoms with van der Waals surface area (Å²) in [6, 6.07) is 28.3. The van der Waals surface area contributed by atoms with E-state index in [1.165, 1.54) is 5.56 Å². The molecule has 3 heteroatoms. The molecule has 2 nitrogen and oxygen atoms in total. The predicted octanol–water partition coefficient (Wildman–Crippen LogP) is 4.99. The number of rotatable bonds is 6. The van der Waals surface area contributed by atoms with Gasteiger partial charge in [-0.2, -0.15) is 0 Å². The van der Waals surface area contributed by atoms with Crippen molar-refractivity contribution in [2.75, 3.05) is 5.75 Å². The van der Waals surface area contributed by atoms with Crippen LogP contribution in [-0.2, 0) is 4.79 Å². The molecule has 0 atom stereocenters. The normalized spacial score (nSPS) is 10.6. The summed E-state index contributed by atoms with van der Waals surface area (Å²) in [5.74, 6) is 0.433. The van der Waals surface area contributed by atoms with Crippen molar-refractivity contribution < 1.29 is 4.79 Å². The molecule has 126 valence electrons. The summed E-state index contributed by atoms with van der Waals surface area (Å²) in [5, 5.41) is 3.17. The number of nitrogens with one attached hydrogen (secondary N) is 1. The van der Waals surface area contributed by atoms with Crippen LogP contribution < -0.4 is 5.32 Å². The number of carbonyl (C=O) groups is 1. The molecule has 25 heavy (non-hydrogen) atoms.